The summed E-state index contributed by atoms with van der Waals surface area (Å²) in [5.41, 5.74) is 1.31. The molecule has 2 aliphatic heterocycles. The van der Waals surface area contributed by atoms with Gasteiger partial charge in [-0.3, -0.25) is 14.5 Å². The van der Waals surface area contributed by atoms with E-state index in [1.54, 1.807) is 4.90 Å². The summed E-state index contributed by atoms with van der Waals surface area (Å²) in [6.45, 7) is 5.24. The Bertz CT molecular complexity index is 553. The maximum Gasteiger partial charge on any atom is 0.242 e. The Balaban J connectivity index is 1.45. The van der Waals surface area contributed by atoms with E-state index in [2.05, 4.69) is 29.2 Å². The fourth-order valence-electron chi connectivity index (χ4n) is 3.47. The third-order valence-electron chi connectivity index (χ3n) is 4.97. The van der Waals surface area contributed by atoms with E-state index in [4.69, 9.17) is 0 Å². The van der Waals surface area contributed by atoms with Gasteiger partial charge < -0.3 is 9.80 Å². The Kier molecular flexibility index (Phi) is 5.86. The van der Waals surface area contributed by atoms with Crippen LogP contribution in [-0.2, 0) is 16.1 Å². The summed E-state index contributed by atoms with van der Waals surface area (Å²) in [6.07, 6.45) is 3.66. The van der Waals surface area contributed by atoms with Crippen LogP contribution in [0.1, 0.15) is 31.2 Å². The molecule has 1 aromatic carbocycles. The summed E-state index contributed by atoms with van der Waals surface area (Å²) < 4.78 is 0. The fraction of sp³-hybridized carbons (Fsp3) is 0.579. The van der Waals surface area contributed by atoms with Crippen LogP contribution in [0.25, 0.3) is 0 Å². The van der Waals surface area contributed by atoms with Crippen molar-refractivity contribution in [3.8, 4) is 0 Å². The van der Waals surface area contributed by atoms with Crippen LogP contribution in [0.2, 0.25) is 0 Å². The normalized spacial score (nSPS) is 20.1. The molecule has 5 nitrogen and oxygen atoms in total. The first kappa shape index (κ1) is 17.0. The van der Waals surface area contributed by atoms with Crippen molar-refractivity contribution in [2.24, 2.45) is 0 Å². The second kappa shape index (κ2) is 8.29. The van der Waals surface area contributed by atoms with Gasteiger partial charge in [-0.2, -0.15) is 0 Å². The van der Waals surface area contributed by atoms with Gasteiger partial charge in [-0.15, -0.1) is 0 Å². The molecular weight excluding hydrogens is 302 g/mol. The van der Waals surface area contributed by atoms with Gasteiger partial charge in [0.1, 0.15) is 0 Å². The number of likely N-dealkylation sites (tertiary alicyclic amines) is 1. The summed E-state index contributed by atoms with van der Waals surface area (Å²) in [6, 6.07) is 10.4. The molecule has 0 aromatic heterocycles. The molecule has 130 valence electrons. The van der Waals surface area contributed by atoms with Gasteiger partial charge in [-0.25, -0.2) is 0 Å². The van der Waals surface area contributed by atoms with E-state index >= 15 is 0 Å². The minimum Gasteiger partial charge on any atom is -0.339 e. The molecule has 0 radical (unpaired) electrons. The van der Waals surface area contributed by atoms with Crippen molar-refractivity contribution in [3.05, 3.63) is 35.9 Å². The van der Waals surface area contributed by atoms with Crippen molar-refractivity contribution in [1.29, 1.82) is 0 Å². The maximum atomic E-state index is 12.5. The SMILES string of the molecule is O=C(CN1CCCCCC1=O)N1CCN(Cc2ccccc2)CC1. The summed E-state index contributed by atoms with van der Waals surface area (Å²) >= 11 is 0. The summed E-state index contributed by atoms with van der Waals surface area (Å²) in [5.74, 6) is 0.244. The van der Waals surface area contributed by atoms with Gasteiger partial charge in [0.15, 0.2) is 0 Å². The first-order valence-corrected chi connectivity index (χ1v) is 9.04. The van der Waals surface area contributed by atoms with Gasteiger partial charge in [-0.1, -0.05) is 36.8 Å². The number of carbonyl (C=O) groups excluding carboxylic acids is 2. The number of hydrogen-bond donors (Lipinski definition) is 0. The molecule has 2 heterocycles. The highest BCUT2D eigenvalue weighted by atomic mass is 16.2. The minimum absolute atomic E-state index is 0.101. The zero-order valence-corrected chi connectivity index (χ0v) is 14.3. The van der Waals surface area contributed by atoms with E-state index in [0.717, 1.165) is 58.5 Å². The molecule has 2 saturated heterocycles. The van der Waals surface area contributed by atoms with Crippen molar-refractivity contribution in [2.75, 3.05) is 39.3 Å². The number of benzene rings is 1. The second-order valence-electron chi connectivity index (χ2n) is 6.77. The van der Waals surface area contributed by atoms with Gasteiger partial charge in [0.25, 0.3) is 0 Å². The van der Waals surface area contributed by atoms with E-state index in [1.165, 1.54) is 5.56 Å². The molecule has 2 fully saturated rings. The highest BCUT2D eigenvalue weighted by Gasteiger charge is 2.25. The molecule has 0 N–H and O–H groups in total. The van der Waals surface area contributed by atoms with Crippen LogP contribution in [0, 0.1) is 0 Å². The molecule has 0 unspecified atom stereocenters. The Morgan fingerprint density at radius 1 is 0.917 bits per heavy atom. The molecule has 3 rings (SSSR count). The third-order valence-corrected chi connectivity index (χ3v) is 4.97. The standard InChI is InChI=1S/C19H27N3O2/c23-18-9-5-2-6-10-22(18)16-19(24)21-13-11-20(12-14-21)15-17-7-3-1-4-8-17/h1,3-4,7-8H,2,5-6,9-16H2. The van der Waals surface area contributed by atoms with Crippen LogP contribution >= 0.6 is 0 Å². The molecule has 1 aromatic rings. The fourth-order valence-corrected chi connectivity index (χ4v) is 3.47. The molecular formula is C19H27N3O2. The van der Waals surface area contributed by atoms with E-state index < -0.39 is 0 Å². The highest BCUT2D eigenvalue weighted by molar-refractivity contribution is 5.85. The van der Waals surface area contributed by atoms with E-state index in [1.807, 2.05) is 11.0 Å². The first-order valence-electron chi connectivity index (χ1n) is 9.04. The van der Waals surface area contributed by atoms with Gasteiger partial charge >= 0.3 is 0 Å². The monoisotopic (exact) mass is 329 g/mol. The van der Waals surface area contributed by atoms with Crippen LogP contribution in [0.15, 0.2) is 30.3 Å². The van der Waals surface area contributed by atoms with Crippen molar-refractivity contribution in [2.45, 2.75) is 32.2 Å². The van der Waals surface area contributed by atoms with Gasteiger partial charge in [0, 0.05) is 45.7 Å². The Hall–Kier alpha value is -1.88. The van der Waals surface area contributed by atoms with Crippen molar-refractivity contribution in [3.63, 3.8) is 0 Å². The van der Waals surface area contributed by atoms with Crippen molar-refractivity contribution >= 4 is 11.8 Å². The first-order chi connectivity index (χ1) is 11.7. The lowest BCUT2D eigenvalue weighted by atomic mass is 10.2. The molecule has 0 aliphatic carbocycles. The van der Waals surface area contributed by atoms with E-state index in [-0.39, 0.29) is 18.4 Å². The molecule has 2 aliphatic rings. The van der Waals surface area contributed by atoms with Crippen molar-refractivity contribution < 1.29 is 9.59 Å². The second-order valence-corrected chi connectivity index (χ2v) is 6.77. The maximum absolute atomic E-state index is 12.5. The van der Waals surface area contributed by atoms with Crippen LogP contribution in [0.4, 0.5) is 0 Å². The van der Waals surface area contributed by atoms with Crippen LogP contribution in [0.5, 0.6) is 0 Å². The van der Waals surface area contributed by atoms with Gasteiger partial charge in [0.05, 0.1) is 6.54 Å². The zero-order valence-electron chi connectivity index (χ0n) is 14.3. The van der Waals surface area contributed by atoms with E-state index in [0.29, 0.717) is 6.42 Å². The van der Waals surface area contributed by atoms with Gasteiger partial charge in [-0.05, 0) is 18.4 Å². The number of hydrogen-bond acceptors (Lipinski definition) is 3. The largest absolute Gasteiger partial charge is 0.339 e. The quantitative estimate of drug-likeness (QED) is 0.845. The Morgan fingerprint density at radius 3 is 2.42 bits per heavy atom. The van der Waals surface area contributed by atoms with Crippen molar-refractivity contribution in [1.82, 2.24) is 14.7 Å². The molecule has 0 saturated carbocycles. The molecule has 5 heteroatoms. The lowest BCUT2D eigenvalue weighted by molar-refractivity contribution is -0.141. The smallest absolute Gasteiger partial charge is 0.242 e. The molecule has 0 bridgehead atoms. The summed E-state index contributed by atoms with van der Waals surface area (Å²) in [7, 11) is 0. The Labute approximate surface area is 144 Å². The average Bonchev–Trinajstić information content (AvgIpc) is 2.81. The average molecular weight is 329 g/mol. The predicted molar refractivity (Wildman–Crippen MR) is 93.3 cm³/mol. The molecule has 24 heavy (non-hydrogen) atoms. The molecule has 0 spiro atoms. The number of amides is 2. The van der Waals surface area contributed by atoms with Crippen LogP contribution in [-0.4, -0.2) is 65.8 Å². The van der Waals surface area contributed by atoms with Gasteiger partial charge in [0.2, 0.25) is 11.8 Å². The van der Waals surface area contributed by atoms with E-state index in [9.17, 15) is 9.59 Å². The summed E-state index contributed by atoms with van der Waals surface area (Å²) in [4.78, 5) is 30.6. The topological polar surface area (TPSA) is 43.9 Å². The molecule has 0 atom stereocenters. The number of rotatable bonds is 4. The summed E-state index contributed by atoms with van der Waals surface area (Å²) in [5, 5.41) is 0. The lowest BCUT2D eigenvalue weighted by Crippen LogP contribution is -2.51. The number of carbonyl (C=O) groups is 2. The zero-order chi connectivity index (χ0) is 16.8. The third kappa shape index (κ3) is 4.57. The highest BCUT2D eigenvalue weighted by Crippen LogP contribution is 2.13. The Morgan fingerprint density at radius 2 is 1.67 bits per heavy atom. The molecule has 2 amide bonds. The number of piperazine rings is 1. The van der Waals surface area contributed by atoms with Crippen LogP contribution in [0.3, 0.4) is 0 Å². The lowest BCUT2D eigenvalue weighted by Gasteiger charge is -2.35. The van der Waals surface area contributed by atoms with Crippen LogP contribution < -0.4 is 0 Å². The minimum atomic E-state index is 0.101. The number of nitrogens with zero attached hydrogens (tertiary/aromatic N) is 3. The predicted octanol–water partition coefficient (Wildman–Crippen LogP) is 1.73.